The molecular formula is C22H38O6S. The lowest BCUT2D eigenvalue weighted by atomic mass is 9.85. The van der Waals surface area contributed by atoms with Gasteiger partial charge in [0, 0.05) is 18.6 Å². The van der Waals surface area contributed by atoms with Crippen LogP contribution in [0.15, 0.2) is 12.2 Å². The zero-order valence-electron chi connectivity index (χ0n) is 17.9. The molecular weight excluding hydrogens is 392 g/mol. The highest BCUT2D eigenvalue weighted by Crippen LogP contribution is 2.39. The first kappa shape index (κ1) is 25.8. The van der Waals surface area contributed by atoms with Crippen molar-refractivity contribution < 1.29 is 28.2 Å². The fraction of sp³-hybridized carbons (Fsp3) is 0.818. The molecule has 0 spiro atoms. The van der Waals surface area contributed by atoms with Gasteiger partial charge in [-0.05, 0) is 37.5 Å². The number of rotatable bonds is 15. The molecule has 1 rings (SSSR count). The Balaban J connectivity index is 2.61. The average Bonchev–Trinajstić information content (AvgIpc) is 2.90. The molecule has 0 aliphatic heterocycles. The topological polar surface area (TPSA) is 109 Å². The van der Waals surface area contributed by atoms with Crippen molar-refractivity contribution >= 4 is 21.6 Å². The van der Waals surface area contributed by atoms with Crippen molar-refractivity contribution in [2.24, 2.45) is 17.8 Å². The second-order valence-corrected chi connectivity index (χ2v) is 10.7. The molecule has 0 aromatic carbocycles. The Morgan fingerprint density at radius 3 is 2.48 bits per heavy atom. The molecule has 1 fully saturated rings. The first-order valence-corrected chi connectivity index (χ1v) is 13.0. The van der Waals surface area contributed by atoms with Gasteiger partial charge in [-0.3, -0.25) is 4.79 Å². The monoisotopic (exact) mass is 430 g/mol. The smallest absolute Gasteiger partial charge is 0.332 e. The van der Waals surface area contributed by atoms with Gasteiger partial charge < -0.3 is 10.2 Å². The SMILES string of the molecule is CCCCCCC=C[C@H]1[C@H](CS(C)(=O)=O)CC(=O)[C@@H]1CCCCCC(O)C(=O)O. The fourth-order valence-corrected chi connectivity index (χ4v) is 5.35. The van der Waals surface area contributed by atoms with Gasteiger partial charge in [-0.1, -0.05) is 57.6 Å². The summed E-state index contributed by atoms with van der Waals surface area (Å²) in [5.74, 6) is -1.35. The largest absolute Gasteiger partial charge is 0.479 e. The highest BCUT2D eigenvalue weighted by atomic mass is 32.2. The second-order valence-electron chi connectivity index (χ2n) is 8.48. The van der Waals surface area contributed by atoms with Gasteiger partial charge in [0.25, 0.3) is 0 Å². The summed E-state index contributed by atoms with van der Waals surface area (Å²) in [5.41, 5.74) is 0. The summed E-state index contributed by atoms with van der Waals surface area (Å²) in [6, 6.07) is 0. The standard InChI is InChI=1S/C22H38O6S/c1-3-4-5-6-7-9-12-18-17(16-29(2,27)28)15-21(24)19(18)13-10-8-11-14-20(23)22(25)26/h9,12,17-20,23H,3-8,10-11,13-16H2,1-2H3,(H,25,26)/t17-,18-,19+,20?/m0/s1. The van der Waals surface area contributed by atoms with Gasteiger partial charge in [-0.15, -0.1) is 0 Å². The molecule has 0 radical (unpaired) electrons. The Kier molecular flexibility index (Phi) is 11.7. The van der Waals surface area contributed by atoms with E-state index < -0.39 is 21.9 Å². The third-order valence-electron chi connectivity index (χ3n) is 5.76. The minimum absolute atomic E-state index is 0.0342. The second kappa shape index (κ2) is 13.2. The summed E-state index contributed by atoms with van der Waals surface area (Å²) in [4.78, 5) is 23.2. The number of aliphatic hydroxyl groups is 1. The number of aliphatic hydroxyl groups excluding tert-OH is 1. The van der Waals surface area contributed by atoms with Crippen LogP contribution in [0.4, 0.5) is 0 Å². The van der Waals surface area contributed by atoms with E-state index in [1.807, 2.05) is 0 Å². The quantitative estimate of drug-likeness (QED) is 0.302. The summed E-state index contributed by atoms with van der Waals surface area (Å²) in [6.07, 6.45) is 13.1. The van der Waals surface area contributed by atoms with Gasteiger partial charge in [0.1, 0.15) is 15.6 Å². The van der Waals surface area contributed by atoms with E-state index in [4.69, 9.17) is 5.11 Å². The molecule has 1 aliphatic rings. The highest BCUT2D eigenvalue weighted by molar-refractivity contribution is 7.90. The number of carboxylic acids is 1. The van der Waals surface area contributed by atoms with Gasteiger partial charge >= 0.3 is 5.97 Å². The van der Waals surface area contributed by atoms with Crippen molar-refractivity contribution in [3.05, 3.63) is 12.2 Å². The maximum atomic E-state index is 12.6. The lowest BCUT2D eigenvalue weighted by molar-refractivity contribution is -0.147. The first-order valence-electron chi connectivity index (χ1n) is 10.9. The van der Waals surface area contributed by atoms with Crippen molar-refractivity contribution in [1.29, 1.82) is 0 Å². The predicted molar refractivity (Wildman–Crippen MR) is 114 cm³/mol. The molecule has 6 nitrogen and oxygen atoms in total. The third kappa shape index (κ3) is 10.4. The average molecular weight is 431 g/mol. The predicted octanol–water partition coefficient (Wildman–Crippen LogP) is 3.78. The molecule has 0 aromatic rings. The van der Waals surface area contributed by atoms with Gasteiger partial charge in [-0.25, -0.2) is 13.2 Å². The first-order chi connectivity index (χ1) is 13.7. The maximum absolute atomic E-state index is 12.6. The number of Topliss-reactive ketones (excluding diaryl/α,β-unsaturated/α-hetero) is 1. The summed E-state index contributed by atoms with van der Waals surface area (Å²) in [5, 5.41) is 18.0. The van der Waals surface area contributed by atoms with Crippen molar-refractivity contribution in [2.75, 3.05) is 12.0 Å². The molecule has 0 amide bonds. The summed E-state index contributed by atoms with van der Waals surface area (Å²) in [7, 11) is -3.15. The number of allylic oxidation sites excluding steroid dienone is 2. The van der Waals surface area contributed by atoms with E-state index in [0.717, 1.165) is 25.7 Å². The van der Waals surface area contributed by atoms with Crippen LogP contribution in [0.5, 0.6) is 0 Å². The molecule has 7 heteroatoms. The van der Waals surface area contributed by atoms with E-state index in [-0.39, 0.29) is 35.7 Å². The number of aliphatic carboxylic acids is 1. The molecule has 0 aromatic heterocycles. The van der Waals surface area contributed by atoms with Gasteiger partial charge in [-0.2, -0.15) is 0 Å². The zero-order valence-corrected chi connectivity index (χ0v) is 18.7. The van der Waals surface area contributed by atoms with E-state index in [9.17, 15) is 23.1 Å². The number of hydrogen-bond donors (Lipinski definition) is 2. The van der Waals surface area contributed by atoms with Crippen LogP contribution in [0.1, 0.15) is 77.6 Å². The number of ketones is 1. The van der Waals surface area contributed by atoms with Crippen LogP contribution in [-0.4, -0.2) is 48.5 Å². The Bertz CT molecular complexity index is 640. The van der Waals surface area contributed by atoms with Crippen LogP contribution in [0.25, 0.3) is 0 Å². The number of sulfone groups is 1. The minimum atomic E-state index is -3.15. The van der Waals surface area contributed by atoms with Crippen molar-refractivity contribution in [1.82, 2.24) is 0 Å². The van der Waals surface area contributed by atoms with E-state index in [1.165, 1.54) is 25.5 Å². The number of carboxylic acid groups (broad SMARTS) is 1. The summed E-state index contributed by atoms with van der Waals surface area (Å²) < 4.78 is 23.6. The van der Waals surface area contributed by atoms with Crippen LogP contribution < -0.4 is 0 Å². The third-order valence-corrected chi connectivity index (χ3v) is 6.80. The minimum Gasteiger partial charge on any atom is -0.479 e. The van der Waals surface area contributed by atoms with E-state index in [2.05, 4.69) is 19.1 Å². The van der Waals surface area contributed by atoms with Crippen LogP contribution >= 0.6 is 0 Å². The molecule has 1 saturated carbocycles. The van der Waals surface area contributed by atoms with Crippen LogP contribution in [-0.2, 0) is 19.4 Å². The number of carbonyl (C=O) groups excluding carboxylic acids is 1. The zero-order chi connectivity index (χ0) is 21.9. The lowest BCUT2D eigenvalue weighted by Crippen LogP contribution is -2.21. The molecule has 29 heavy (non-hydrogen) atoms. The molecule has 2 N–H and O–H groups in total. The molecule has 0 saturated heterocycles. The molecule has 0 heterocycles. The fourth-order valence-electron chi connectivity index (χ4n) is 4.24. The normalized spacial score (nSPS) is 23.7. The lowest BCUT2D eigenvalue weighted by Gasteiger charge is -2.20. The molecule has 168 valence electrons. The van der Waals surface area contributed by atoms with Gasteiger partial charge in [0.05, 0.1) is 5.75 Å². The molecule has 1 aliphatic carbocycles. The maximum Gasteiger partial charge on any atom is 0.332 e. The number of unbranched alkanes of at least 4 members (excludes halogenated alkanes) is 6. The van der Waals surface area contributed by atoms with E-state index >= 15 is 0 Å². The Morgan fingerprint density at radius 1 is 1.17 bits per heavy atom. The molecule has 4 atom stereocenters. The molecule has 1 unspecified atom stereocenters. The van der Waals surface area contributed by atoms with Crippen molar-refractivity contribution in [3.63, 3.8) is 0 Å². The number of carbonyl (C=O) groups is 2. The van der Waals surface area contributed by atoms with Crippen molar-refractivity contribution in [2.45, 2.75) is 83.7 Å². The van der Waals surface area contributed by atoms with Crippen LogP contribution in [0.3, 0.4) is 0 Å². The Morgan fingerprint density at radius 2 is 1.86 bits per heavy atom. The molecule has 0 bridgehead atoms. The summed E-state index contributed by atoms with van der Waals surface area (Å²) >= 11 is 0. The number of hydrogen-bond acceptors (Lipinski definition) is 5. The van der Waals surface area contributed by atoms with E-state index in [0.29, 0.717) is 19.3 Å². The Labute approximate surface area is 175 Å². The Hall–Kier alpha value is -1.21. The van der Waals surface area contributed by atoms with Gasteiger partial charge in [0.15, 0.2) is 6.10 Å². The van der Waals surface area contributed by atoms with Gasteiger partial charge in [0.2, 0.25) is 0 Å². The van der Waals surface area contributed by atoms with Crippen molar-refractivity contribution in [3.8, 4) is 0 Å². The summed E-state index contributed by atoms with van der Waals surface area (Å²) in [6.45, 7) is 2.17. The van der Waals surface area contributed by atoms with Crippen LogP contribution in [0, 0.1) is 17.8 Å². The van der Waals surface area contributed by atoms with E-state index in [1.54, 1.807) is 0 Å². The van der Waals surface area contributed by atoms with Crippen LogP contribution in [0.2, 0.25) is 0 Å². The highest BCUT2D eigenvalue weighted by Gasteiger charge is 2.41.